The Hall–Kier alpha value is -0.840. The van der Waals surface area contributed by atoms with Gasteiger partial charge >= 0.3 is 5.97 Å². The van der Waals surface area contributed by atoms with Crippen molar-refractivity contribution < 1.29 is 38.0 Å². The highest BCUT2D eigenvalue weighted by molar-refractivity contribution is 6.22. The Kier molecular flexibility index (Phi) is 7.95. The summed E-state index contributed by atoms with van der Waals surface area (Å²) in [5, 5.41) is 15.0. The first-order valence-electron chi connectivity index (χ1n) is 13.8. The number of ketones is 1. The Morgan fingerprint density at radius 3 is 2.41 bits per heavy atom. The number of carbonyl (C=O) groups is 2. The summed E-state index contributed by atoms with van der Waals surface area (Å²) in [6, 6.07) is -0.694. The van der Waals surface area contributed by atoms with Crippen LogP contribution in [0, 0.1) is 29.6 Å². The summed E-state index contributed by atoms with van der Waals surface area (Å²) in [5.74, 6) is -1.64. The molecule has 1 spiro atoms. The lowest BCUT2D eigenvalue weighted by atomic mass is 9.56. The molecule has 8 nitrogen and oxygen atoms in total. The molecular formula is C27H41ClFNO7. The fourth-order valence-corrected chi connectivity index (χ4v) is 8.88. The van der Waals surface area contributed by atoms with Gasteiger partial charge < -0.3 is 29.4 Å². The second-order valence-electron chi connectivity index (χ2n) is 11.9. The maximum Gasteiger partial charge on any atom is 0.322 e. The van der Waals surface area contributed by atoms with Crippen LogP contribution >= 0.6 is 11.6 Å². The zero-order valence-corrected chi connectivity index (χ0v) is 22.9. The van der Waals surface area contributed by atoms with E-state index in [1.807, 2.05) is 6.92 Å². The van der Waals surface area contributed by atoms with Crippen molar-refractivity contribution in [2.24, 2.45) is 29.6 Å². The van der Waals surface area contributed by atoms with Gasteiger partial charge in [-0.3, -0.25) is 9.59 Å². The minimum atomic E-state index is -1.42. The van der Waals surface area contributed by atoms with E-state index in [0.717, 1.165) is 0 Å². The lowest BCUT2D eigenvalue weighted by Gasteiger charge is -2.56. The van der Waals surface area contributed by atoms with Gasteiger partial charge in [0.25, 0.3) is 0 Å². The van der Waals surface area contributed by atoms with Crippen LogP contribution in [0.25, 0.3) is 0 Å². The zero-order valence-electron chi connectivity index (χ0n) is 22.1. The van der Waals surface area contributed by atoms with Crippen LogP contribution in [-0.4, -0.2) is 91.8 Å². The van der Waals surface area contributed by atoms with Gasteiger partial charge in [-0.1, -0.05) is 6.92 Å². The van der Waals surface area contributed by atoms with Gasteiger partial charge in [-0.25, -0.2) is 4.39 Å². The number of aliphatic hydroxyl groups is 1. The molecule has 0 bridgehead atoms. The molecule has 2 saturated heterocycles. The Labute approximate surface area is 223 Å². The van der Waals surface area contributed by atoms with E-state index >= 15 is 0 Å². The van der Waals surface area contributed by atoms with Gasteiger partial charge in [0.15, 0.2) is 11.4 Å². The predicted octanol–water partition coefficient (Wildman–Crippen LogP) is 2.42. The van der Waals surface area contributed by atoms with Gasteiger partial charge in [-0.15, -0.1) is 11.6 Å². The maximum absolute atomic E-state index is 14.3. The van der Waals surface area contributed by atoms with Crippen molar-refractivity contribution in [2.45, 2.75) is 106 Å². The molecular weight excluding hydrogens is 505 g/mol. The number of fused-ring (bicyclic) bond motifs is 2. The summed E-state index contributed by atoms with van der Waals surface area (Å²) < 4.78 is 37.1. The van der Waals surface area contributed by atoms with Crippen LogP contribution < -0.4 is 5.32 Å². The van der Waals surface area contributed by atoms with Gasteiger partial charge in [0.05, 0.1) is 42.8 Å². The molecule has 2 N–H and O–H groups in total. The summed E-state index contributed by atoms with van der Waals surface area (Å²) in [6.07, 6.45) is 0.563. The molecule has 37 heavy (non-hydrogen) atoms. The Balaban J connectivity index is 1.50. The monoisotopic (exact) mass is 545 g/mol. The fraction of sp³-hybridized carbons (Fsp3) is 0.926. The number of hydrogen-bond acceptors (Lipinski definition) is 8. The number of aliphatic hydroxyl groups excluding tert-OH is 1. The first-order valence-corrected chi connectivity index (χ1v) is 14.2. The number of carbonyl (C=O) groups excluding carboxylic acids is 2. The smallest absolute Gasteiger partial charge is 0.322 e. The molecule has 2 heterocycles. The number of Topliss-reactive ketones (excluding diaryl/α,β-unsaturated/α-hetero) is 1. The van der Waals surface area contributed by atoms with Gasteiger partial charge in [0.1, 0.15) is 12.2 Å². The lowest BCUT2D eigenvalue weighted by molar-refractivity contribution is -0.210. The molecule has 0 aromatic carbocycles. The molecule has 0 radical (unpaired) electrons. The average molecular weight is 546 g/mol. The summed E-state index contributed by atoms with van der Waals surface area (Å²) in [4.78, 5) is 26.9. The number of nitrogens with one attached hydrogen (secondary N) is 1. The lowest BCUT2D eigenvalue weighted by Crippen LogP contribution is -2.70. The van der Waals surface area contributed by atoms with Gasteiger partial charge in [0, 0.05) is 32.6 Å². The van der Waals surface area contributed by atoms with Crippen molar-refractivity contribution in [3.8, 4) is 0 Å². The highest BCUT2D eigenvalue weighted by Crippen LogP contribution is 2.56. The molecule has 10 unspecified atom stereocenters. The second kappa shape index (κ2) is 10.6. The van der Waals surface area contributed by atoms with Crippen molar-refractivity contribution in [1.82, 2.24) is 5.32 Å². The van der Waals surface area contributed by atoms with E-state index < -0.39 is 47.4 Å². The molecule has 5 aliphatic rings. The van der Waals surface area contributed by atoms with Crippen molar-refractivity contribution >= 4 is 23.4 Å². The van der Waals surface area contributed by atoms with Crippen LogP contribution in [0.5, 0.6) is 0 Å². The van der Waals surface area contributed by atoms with Crippen LogP contribution in [0.4, 0.5) is 4.39 Å². The molecule has 5 fully saturated rings. The SMILES string of the molecule is COC(=O)C1CC(C2CCC(F)CC2)C2C(C[C@@H](C)[C@]3(OC4C(Cl)C(OC)CC(OC)C4C3=O)C2O)N1. The predicted molar refractivity (Wildman–Crippen MR) is 133 cm³/mol. The van der Waals surface area contributed by atoms with Crippen LogP contribution in [0.15, 0.2) is 0 Å². The van der Waals surface area contributed by atoms with Gasteiger partial charge in [0.2, 0.25) is 0 Å². The largest absolute Gasteiger partial charge is 0.468 e. The number of halogens is 2. The Morgan fingerprint density at radius 2 is 1.78 bits per heavy atom. The average Bonchev–Trinajstić information content (AvgIpc) is 3.21. The maximum atomic E-state index is 14.3. The Morgan fingerprint density at radius 1 is 1.11 bits per heavy atom. The highest BCUT2D eigenvalue weighted by Gasteiger charge is 2.70. The fourth-order valence-electron chi connectivity index (χ4n) is 8.47. The van der Waals surface area contributed by atoms with E-state index in [1.165, 1.54) is 7.11 Å². The summed E-state index contributed by atoms with van der Waals surface area (Å²) in [6.45, 7) is 1.93. The van der Waals surface area contributed by atoms with Gasteiger partial charge in [-0.2, -0.15) is 0 Å². The normalized spacial score (nSPS) is 52.0. The van der Waals surface area contributed by atoms with E-state index in [1.54, 1.807) is 14.2 Å². The molecule has 0 aromatic rings. The van der Waals surface area contributed by atoms with Crippen LogP contribution in [0.2, 0.25) is 0 Å². The van der Waals surface area contributed by atoms with E-state index in [-0.39, 0.29) is 47.6 Å². The van der Waals surface area contributed by atoms with Crippen molar-refractivity contribution in [3.05, 3.63) is 0 Å². The first-order chi connectivity index (χ1) is 17.7. The minimum Gasteiger partial charge on any atom is -0.468 e. The quantitative estimate of drug-likeness (QED) is 0.410. The molecule has 2 aliphatic heterocycles. The minimum absolute atomic E-state index is 0.0713. The van der Waals surface area contributed by atoms with Gasteiger partial charge in [-0.05, 0) is 56.3 Å². The van der Waals surface area contributed by atoms with Crippen LogP contribution in [0.1, 0.15) is 51.9 Å². The zero-order chi connectivity index (χ0) is 26.6. The third kappa shape index (κ3) is 4.36. The third-order valence-electron chi connectivity index (χ3n) is 10.3. The standard InChI is InChI=1S/C27H41ClFNO7/c1-12-9-16-20(15(10-17(30-16)26(33)36-4)13-5-7-14(29)8-6-13)24(31)27(12)25(32)21-18(34-2)11-19(35-3)22(28)23(21)37-27/h12-24,30-31H,5-11H2,1-4H3/t12-,13?,14?,15?,16?,17?,18?,19?,20?,21?,22?,23?,24?,27+/m1/s1. The number of hydrogen-bond donors (Lipinski definition) is 2. The first kappa shape index (κ1) is 27.7. The van der Waals surface area contributed by atoms with Crippen molar-refractivity contribution in [1.29, 1.82) is 0 Å². The summed E-state index contributed by atoms with van der Waals surface area (Å²) >= 11 is 6.80. The number of rotatable bonds is 4. The second-order valence-corrected chi connectivity index (χ2v) is 12.4. The number of esters is 1. The summed E-state index contributed by atoms with van der Waals surface area (Å²) in [7, 11) is 4.54. The molecule has 12 atom stereocenters. The molecule has 3 aliphatic carbocycles. The van der Waals surface area contributed by atoms with Crippen LogP contribution in [-0.2, 0) is 28.5 Å². The third-order valence-corrected chi connectivity index (χ3v) is 10.9. The number of ether oxygens (including phenoxy) is 4. The van der Waals surface area contributed by atoms with E-state index in [9.17, 15) is 19.1 Å². The molecule has 3 saturated carbocycles. The molecule has 10 heteroatoms. The van der Waals surface area contributed by atoms with E-state index in [4.69, 9.17) is 30.5 Å². The van der Waals surface area contributed by atoms with E-state index in [0.29, 0.717) is 44.9 Å². The van der Waals surface area contributed by atoms with Crippen LogP contribution in [0.3, 0.4) is 0 Å². The number of alkyl halides is 2. The Bertz CT molecular complexity index is 872. The van der Waals surface area contributed by atoms with Crippen molar-refractivity contribution in [2.75, 3.05) is 21.3 Å². The van der Waals surface area contributed by atoms with Crippen molar-refractivity contribution in [3.63, 3.8) is 0 Å². The number of methoxy groups -OCH3 is 3. The number of piperidine rings is 1. The molecule has 210 valence electrons. The molecule has 0 aromatic heterocycles. The molecule has 5 rings (SSSR count). The molecule has 0 amide bonds. The summed E-state index contributed by atoms with van der Waals surface area (Å²) in [5.41, 5.74) is -1.42. The highest BCUT2D eigenvalue weighted by atomic mass is 35.5. The van der Waals surface area contributed by atoms with E-state index in [2.05, 4.69) is 5.32 Å². The topological polar surface area (TPSA) is 103 Å².